The molecule has 0 unspecified atom stereocenters. The Hall–Kier alpha value is -3.54. The Morgan fingerprint density at radius 2 is 1.69 bits per heavy atom. The Bertz CT molecular complexity index is 1420. The van der Waals surface area contributed by atoms with Crippen molar-refractivity contribution in [1.29, 1.82) is 0 Å². The van der Waals surface area contributed by atoms with Crippen molar-refractivity contribution in [2.75, 3.05) is 7.11 Å². The minimum atomic E-state index is -0.567. The summed E-state index contributed by atoms with van der Waals surface area (Å²) in [6.07, 6.45) is 0. The van der Waals surface area contributed by atoms with Crippen molar-refractivity contribution >= 4 is 40.7 Å². The van der Waals surface area contributed by atoms with E-state index in [9.17, 15) is 9.59 Å². The van der Waals surface area contributed by atoms with Crippen LogP contribution in [0.15, 0.2) is 83.6 Å². The third kappa shape index (κ3) is 4.11. The van der Waals surface area contributed by atoms with Crippen LogP contribution in [-0.4, -0.2) is 18.9 Å². The summed E-state index contributed by atoms with van der Waals surface area (Å²) >= 11 is 12.1. The highest BCUT2D eigenvalue weighted by Gasteiger charge is 2.42. The Morgan fingerprint density at radius 1 is 0.971 bits per heavy atom. The van der Waals surface area contributed by atoms with E-state index in [1.165, 1.54) is 7.11 Å². The summed E-state index contributed by atoms with van der Waals surface area (Å²) in [5.41, 5.74) is 5.49. The third-order valence-electron chi connectivity index (χ3n) is 6.26. The zero-order valence-corrected chi connectivity index (χ0v) is 20.5. The number of hydrogen-bond donors (Lipinski definition) is 1. The van der Waals surface area contributed by atoms with E-state index in [1.807, 2.05) is 61.5 Å². The van der Waals surface area contributed by atoms with Gasteiger partial charge in [0.1, 0.15) is 12.4 Å². The fourth-order valence-electron chi connectivity index (χ4n) is 4.60. The number of halogens is 2. The number of carbonyl (C=O) groups is 2. The molecule has 2 aliphatic rings. The van der Waals surface area contributed by atoms with E-state index in [0.29, 0.717) is 44.8 Å². The molecule has 1 atom stereocenters. The quantitative estimate of drug-likeness (QED) is 0.411. The summed E-state index contributed by atoms with van der Waals surface area (Å²) in [5, 5.41) is 4.24. The lowest BCUT2D eigenvalue weighted by Crippen LogP contribution is -2.29. The third-order valence-corrected chi connectivity index (χ3v) is 7.00. The number of allylic oxidation sites excluding steroid dienone is 2. The largest absolute Gasteiger partial charge is 0.489 e. The van der Waals surface area contributed by atoms with Crippen LogP contribution in [0.1, 0.15) is 39.9 Å². The molecule has 0 spiro atoms. The van der Waals surface area contributed by atoms with Crippen molar-refractivity contribution in [3.05, 3.63) is 116 Å². The van der Waals surface area contributed by atoms with Crippen LogP contribution in [0.3, 0.4) is 0 Å². The Morgan fingerprint density at radius 3 is 2.37 bits per heavy atom. The summed E-state index contributed by atoms with van der Waals surface area (Å²) in [6, 6.07) is 20.2. The predicted molar refractivity (Wildman–Crippen MR) is 136 cm³/mol. The highest BCUT2D eigenvalue weighted by atomic mass is 35.5. The smallest absolute Gasteiger partial charge is 0.336 e. The molecule has 1 heterocycles. The van der Waals surface area contributed by atoms with Crippen LogP contribution in [-0.2, 0) is 16.1 Å². The molecule has 0 aromatic heterocycles. The van der Waals surface area contributed by atoms with Crippen molar-refractivity contribution in [3.63, 3.8) is 0 Å². The number of nitrogens with one attached hydrogen (secondary N) is 1. The van der Waals surface area contributed by atoms with E-state index >= 15 is 0 Å². The van der Waals surface area contributed by atoms with Crippen molar-refractivity contribution < 1.29 is 19.1 Å². The molecule has 5 rings (SSSR count). The second-order valence-electron chi connectivity index (χ2n) is 8.36. The number of Topliss-reactive ketones (excluding diaryl/α,β-unsaturated/α-hetero) is 1. The Kier molecular flexibility index (Phi) is 6.13. The zero-order valence-electron chi connectivity index (χ0n) is 19.0. The monoisotopic (exact) mass is 505 g/mol. The lowest BCUT2D eigenvalue weighted by atomic mass is 9.80. The highest BCUT2D eigenvalue weighted by Crippen LogP contribution is 2.46. The van der Waals surface area contributed by atoms with Crippen LogP contribution in [0.5, 0.6) is 5.75 Å². The molecular formula is C28H21Cl2NO4. The molecule has 5 nitrogen and oxygen atoms in total. The number of carbonyl (C=O) groups excluding carboxylic acids is 2. The van der Waals surface area contributed by atoms with Gasteiger partial charge in [-0.25, -0.2) is 4.79 Å². The second kappa shape index (κ2) is 9.25. The zero-order chi connectivity index (χ0) is 24.7. The molecule has 176 valence electrons. The summed E-state index contributed by atoms with van der Waals surface area (Å²) in [4.78, 5) is 26.2. The highest BCUT2D eigenvalue weighted by molar-refractivity contribution is 6.42. The normalized spacial score (nSPS) is 16.6. The molecule has 1 N–H and O–H groups in total. The van der Waals surface area contributed by atoms with Crippen molar-refractivity contribution in [2.24, 2.45) is 0 Å². The van der Waals surface area contributed by atoms with Crippen LogP contribution in [0.25, 0.3) is 5.70 Å². The minimum absolute atomic E-state index is 0.0954. The van der Waals surface area contributed by atoms with Crippen LogP contribution < -0.4 is 10.1 Å². The van der Waals surface area contributed by atoms with Gasteiger partial charge in [-0.2, -0.15) is 0 Å². The van der Waals surface area contributed by atoms with Gasteiger partial charge in [-0.1, -0.05) is 65.7 Å². The number of ketones is 1. The molecule has 0 saturated carbocycles. The van der Waals surface area contributed by atoms with Gasteiger partial charge in [-0.05, 0) is 42.3 Å². The molecule has 1 aliphatic heterocycles. The number of fused-ring (bicyclic) bond motifs is 2. The van der Waals surface area contributed by atoms with Gasteiger partial charge in [0.25, 0.3) is 0 Å². The number of methoxy groups -OCH3 is 1. The van der Waals surface area contributed by atoms with E-state index in [1.54, 1.807) is 12.1 Å². The molecule has 35 heavy (non-hydrogen) atoms. The molecule has 0 bridgehead atoms. The summed E-state index contributed by atoms with van der Waals surface area (Å²) < 4.78 is 11.0. The lowest BCUT2D eigenvalue weighted by molar-refractivity contribution is -0.136. The van der Waals surface area contributed by atoms with Gasteiger partial charge in [0.05, 0.1) is 28.4 Å². The molecule has 7 heteroatoms. The molecule has 1 aliphatic carbocycles. The molecule has 0 saturated heterocycles. The van der Waals surface area contributed by atoms with Crippen LogP contribution in [0.4, 0.5) is 0 Å². The van der Waals surface area contributed by atoms with Gasteiger partial charge in [0.15, 0.2) is 5.78 Å². The van der Waals surface area contributed by atoms with Gasteiger partial charge in [0.2, 0.25) is 0 Å². The van der Waals surface area contributed by atoms with Crippen molar-refractivity contribution in [3.8, 4) is 5.75 Å². The average Bonchev–Trinajstić information content (AvgIpc) is 3.15. The topological polar surface area (TPSA) is 64.6 Å². The first kappa shape index (κ1) is 23.2. The number of dihydropyridines is 1. The van der Waals surface area contributed by atoms with E-state index in [-0.39, 0.29) is 5.78 Å². The molecule has 0 amide bonds. The molecular weight excluding hydrogens is 485 g/mol. The van der Waals surface area contributed by atoms with Crippen LogP contribution >= 0.6 is 23.2 Å². The Labute approximate surface area is 213 Å². The molecule has 3 aromatic rings. The molecule has 0 radical (unpaired) electrons. The van der Waals surface area contributed by atoms with Gasteiger partial charge < -0.3 is 14.8 Å². The number of hydrogen-bond acceptors (Lipinski definition) is 5. The van der Waals surface area contributed by atoms with Gasteiger partial charge >= 0.3 is 5.97 Å². The van der Waals surface area contributed by atoms with Gasteiger partial charge in [0, 0.05) is 28.3 Å². The number of esters is 1. The summed E-state index contributed by atoms with van der Waals surface area (Å²) in [7, 11) is 1.34. The number of ether oxygens (including phenoxy) is 2. The van der Waals surface area contributed by atoms with Gasteiger partial charge in [-0.15, -0.1) is 0 Å². The van der Waals surface area contributed by atoms with E-state index in [0.717, 1.165) is 22.4 Å². The van der Waals surface area contributed by atoms with E-state index in [4.69, 9.17) is 32.7 Å². The van der Waals surface area contributed by atoms with E-state index < -0.39 is 11.9 Å². The van der Waals surface area contributed by atoms with Crippen molar-refractivity contribution in [2.45, 2.75) is 19.4 Å². The van der Waals surface area contributed by atoms with Crippen molar-refractivity contribution in [1.82, 2.24) is 5.32 Å². The maximum absolute atomic E-state index is 13.4. The first-order valence-electron chi connectivity index (χ1n) is 11.0. The minimum Gasteiger partial charge on any atom is -0.489 e. The standard InChI is InChI=1S/C28H21Cl2NO4/c1-15-23(28(33)34-2)24(25-26(31-15)19-5-3-4-6-20(19)27(25)32)17-8-10-18(11-9-17)35-14-16-7-12-21(29)22(30)13-16/h3-13,24,31H,14H2,1-2H3/t24-/m1/s1. The summed E-state index contributed by atoms with van der Waals surface area (Å²) in [5.74, 6) is -0.496. The Balaban J connectivity index is 1.48. The second-order valence-corrected chi connectivity index (χ2v) is 9.17. The lowest BCUT2D eigenvalue weighted by Gasteiger charge is -2.29. The molecule has 0 fully saturated rings. The number of benzene rings is 3. The van der Waals surface area contributed by atoms with Crippen LogP contribution in [0.2, 0.25) is 10.0 Å². The summed E-state index contributed by atoms with van der Waals surface area (Å²) in [6.45, 7) is 2.14. The maximum Gasteiger partial charge on any atom is 0.336 e. The van der Waals surface area contributed by atoms with Gasteiger partial charge in [-0.3, -0.25) is 4.79 Å². The SMILES string of the molecule is COC(=O)C1=C(C)NC2=C(C(=O)c3ccccc32)[C@@H]1c1ccc(OCc2ccc(Cl)c(Cl)c2)cc1. The first-order chi connectivity index (χ1) is 16.9. The predicted octanol–water partition coefficient (Wildman–Crippen LogP) is 6.31. The van der Waals surface area contributed by atoms with E-state index in [2.05, 4.69) is 5.32 Å². The fourth-order valence-corrected chi connectivity index (χ4v) is 4.92. The molecule has 3 aromatic carbocycles. The number of rotatable bonds is 5. The average molecular weight is 506 g/mol. The maximum atomic E-state index is 13.4. The van der Waals surface area contributed by atoms with Crippen LogP contribution in [0, 0.1) is 0 Å². The fraction of sp³-hybridized carbons (Fsp3) is 0.143. The first-order valence-corrected chi connectivity index (χ1v) is 11.8.